The van der Waals surface area contributed by atoms with Crippen LogP contribution < -0.4 is 9.64 Å². The Morgan fingerprint density at radius 2 is 2.24 bits per heavy atom. The van der Waals surface area contributed by atoms with Gasteiger partial charge in [-0.25, -0.2) is 4.98 Å². The van der Waals surface area contributed by atoms with Crippen LogP contribution in [0, 0.1) is 0 Å². The van der Waals surface area contributed by atoms with E-state index in [-0.39, 0.29) is 0 Å². The van der Waals surface area contributed by atoms with E-state index in [1.54, 1.807) is 13.3 Å². The molecule has 96 valence electrons. The Morgan fingerprint density at radius 3 is 2.88 bits per heavy atom. The van der Waals surface area contributed by atoms with Crippen molar-refractivity contribution in [2.45, 2.75) is 6.92 Å². The number of alkyl halides is 1. The van der Waals surface area contributed by atoms with Crippen molar-refractivity contribution in [1.29, 1.82) is 0 Å². The first-order valence-electron chi connectivity index (χ1n) is 5.71. The Hall–Kier alpha value is -1.00. The molecule has 0 aliphatic heterocycles. The molecule has 0 spiro atoms. The molecule has 17 heavy (non-hydrogen) atoms. The predicted molar refractivity (Wildman–Crippen MR) is 70.2 cm³/mol. The van der Waals surface area contributed by atoms with E-state index in [0.717, 1.165) is 24.7 Å². The van der Waals surface area contributed by atoms with E-state index >= 15 is 0 Å². The zero-order valence-corrected chi connectivity index (χ0v) is 11.1. The fourth-order valence-electron chi connectivity index (χ4n) is 1.51. The van der Waals surface area contributed by atoms with Crippen molar-refractivity contribution in [3.8, 4) is 5.75 Å². The molecule has 0 saturated heterocycles. The third-order valence-electron chi connectivity index (χ3n) is 2.27. The summed E-state index contributed by atoms with van der Waals surface area (Å²) >= 11 is 5.80. The number of hydrogen-bond acceptors (Lipinski definition) is 4. The Labute approximate surface area is 107 Å². The minimum atomic E-state index is 0.547. The van der Waals surface area contributed by atoms with Gasteiger partial charge in [-0.2, -0.15) is 0 Å². The highest BCUT2D eigenvalue weighted by Gasteiger charge is 2.12. The van der Waals surface area contributed by atoms with Crippen molar-refractivity contribution in [3.05, 3.63) is 18.3 Å². The number of aromatic nitrogens is 1. The van der Waals surface area contributed by atoms with Crippen LogP contribution >= 0.6 is 11.6 Å². The van der Waals surface area contributed by atoms with Crippen molar-refractivity contribution in [1.82, 2.24) is 4.98 Å². The third-order valence-corrected chi connectivity index (χ3v) is 2.44. The number of hydrogen-bond donors (Lipinski definition) is 0. The summed E-state index contributed by atoms with van der Waals surface area (Å²) in [6, 6.07) is 3.78. The number of pyridine rings is 1. The Kier molecular flexibility index (Phi) is 6.74. The zero-order chi connectivity index (χ0) is 12.5. The third kappa shape index (κ3) is 4.40. The zero-order valence-electron chi connectivity index (χ0n) is 10.4. The fourth-order valence-corrected chi connectivity index (χ4v) is 1.72. The van der Waals surface area contributed by atoms with Crippen molar-refractivity contribution >= 4 is 17.4 Å². The highest BCUT2D eigenvalue weighted by molar-refractivity contribution is 6.18. The molecule has 5 heteroatoms. The minimum absolute atomic E-state index is 0.547. The molecule has 0 aliphatic rings. The number of anilines is 1. The van der Waals surface area contributed by atoms with E-state index in [4.69, 9.17) is 21.1 Å². The molecule has 0 saturated carbocycles. The van der Waals surface area contributed by atoms with E-state index in [0.29, 0.717) is 19.1 Å². The molecule has 0 radical (unpaired) electrons. The standard InChI is InChI=1S/C12H19ClN2O2/c1-3-17-11-5-4-7-14-12(11)15(8-6-13)9-10-16-2/h4-5,7H,3,6,8-10H2,1-2H3. The molecule has 0 fully saturated rings. The highest BCUT2D eigenvalue weighted by Crippen LogP contribution is 2.24. The number of nitrogens with zero attached hydrogens (tertiary/aromatic N) is 2. The second kappa shape index (κ2) is 8.14. The van der Waals surface area contributed by atoms with Gasteiger partial charge in [-0.3, -0.25) is 0 Å². The quantitative estimate of drug-likeness (QED) is 0.670. The van der Waals surface area contributed by atoms with E-state index in [1.807, 2.05) is 19.1 Å². The first-order chi connectivity index (χ1) is 8.33. The van der Waals surface area contributed by atoms with E-state index in [9.17, 15) is 0 Å². The Morgan fingerprint density at radius 1 is 1.41 bits per heavy atom. The lowest BCUT2D eigenvalue weighted by Gasteiger charge is -2.24. The lowest BCUT2D eigenvalue weighted by Crippen LogP contribution is -2.30. The van der Waals surface area contributed by atoms with Crippen LogP contribution in [-0.4, -0.2) is 44.3 Å². The van der Waals surface area contributed by atoms with Crippen molar-refractivity contribution in [3.63, 3.8) is 0 Å². The van der Waals surface area contributed by atoms with E-state index in [1.165, 1.54) is 0 Å². The largest absolute Gasteiger partial charge is 0.490 e. The van der Waals surface area contributed by atoms with Gasteiger partial charge in [0.1, 0.15) is 0 Å². The molecule has 0 N–H and O–H groups in total. The number of ether oxygens (including phenoxy) is 2. The summed E-state index contributed by atoms with van der Waals surface area (Å²) in [6.45, 7) is 4.69. The lowest BCUT2D eigenvalue weighted by molar-refractivity contribution is 0.205. The van der Waals surface area contributed by atoms with Crippen LogP contribution in [0.4, 0.5) is 5.82 Å². The molecule has 1 heterocycles. The maximum Gasteiger partial charge on any atom is 0.171 e. The summed E-state index contributed by atoms with van der Waals surface area (Å²) in [4.78, 5) is 6.43. The SMILES string of the molecule is CCOc1cccnc1N(CCCl)CCOC. The monoisotopic (exact) mass is 258 g/mol. The lowest BCUT2D eigenvalue weighted by atomic mass is 10.3. The van der Waals surface area contributed by atoms with Crippen molar-refractivity contribution in [2.24, 2.45) is 0 Å². The predicted octanol–water partition coefficient (Wildman–Crippen LogP) is 2.17. The van der Waals surface area contributed by atoms with E-state index < -0.39 is 0 Å². The highest BCUT2D eigenvalue weighted by atomic mass is 35.5. The smallest absolute Gasteiger partial charge is 0.171 e. The van der Waals surface area contributed by atoms with Crippen LogP contribution in [0.15, 0.2) is 18.3 Å². The van der Waals surface area contributed by atoms with Crippen LogP contribution in [0.5, 0.6) is 5.75 Å². The number of rotatable bonds is 8. The molecule has 0 bridgehead atoms. The van der Waals surface area contributed by atoms with Crippen LogP contribution in [-0.2, 0) is 4.74 Å². The first-order valence-corrected chi connectivity index (χ1v) is 6.24. The molecule has 4 nitrogen and oxygen atoms in total. The number of halogens is 1. The molecule has 0 aromatic carbocycles. The van der Waals surface area contributed by atoms with Crippen molar-refractivity contribution < 1.29 is 9.47 Å². The second-order valence-electron chi connectivity index (χ2n) is 3.43. The molecule has 1 aromatic heterocycles. The van der Waals surface area contributed by atoms with Gasteiger partial charge in [0.25, 0.3) is 0 Å². The maximum absolute atomic E-state index is 5.80. The van der Waals surface area contributed by atoms with Gasteiger partial charge in [-0.15, -0.1) is 11.6 Å². The summed E-state index contributed by atoms with van der Waals surface area (Å²) in [5, 5.41) is 0. The van der Waals surface area contributed by atoms with Gasteiger partial charge in [-0.1, -0.05) is 0 Å². The van der Waals surface area contributed by atoms with Gasteiger partial charge >= 0.3 is 0 Å². The van der Waals surface area contributed by atoms with Crippen LogP contribution in [0.1, 0.15) is 6.92 Å². The molecular formula is C12H19ClN2O2. The molecule has 0 amide bonds. The summed E-state index contributed by atoms with van der Waals surface area (Å²) in [6.07, 6.45) is 1.76. The van der Waals surface area contributed by atoms with Gasteiger partial charge in [0.2, 0.25) is 0 Å². The average molecular weight is 259 g/mol. The van der Waals surface area contributed by atoms with E-state index in [2.05, 4.69) is 9.88 Å². The summed E-state index contributed by atoms with van der Waals surface area (Å²) in [5.41, 5.74) is 0. The van der Waals surface area contributed by atoms with Gasteiger partial charge in [-0.05, 0) is 19.1 Å². The molecule has 0 atom stereocenters. The van der Waals surface area contributed by atoms with Gasteiger partial charge in [0.05, 0.1) is 13.2 Å². The van der Waals surface area contributed by atoms with Gasteiger partial charge in [0.15, 0.2) is 11.6 Å². The summed E-state index contributed by atoms with van der Waals surface area (Å²) in [5.74, 6) is 2.16. The van der Waals surface area contributed by atoms with Crippen LogP contribution in [0.25, 0.3) is 0 Å². The topological polar surface area (TPSA) is 34.6 Å². The molecular weight excluding hydrogens is 240 g/mol. The van der Waals surface area contributed by atoms with Crippen LogP contribution in [0.2, 0.25) is 0 Å². The minimum Gasteiger partial charge on any atom is -0.490 e. The van der Waals surface area contributed by atoms with Crippen molar-refractivity contribution in [2.75, 3.05) is 44.2 Å². The van der Waals surface area contributed by atoms with Gasteiger partial charge < -0.3 is 14.4 Å². The molecule has 1 rings (SSSR count). The Balaban J connectivity index is 2.83. The molecule has 1 aromatic rings. The summed E-state index contributed by atoms with van der Waals surface area (Å²) in [7, 11) is 1.68. The molecule has 0 unspecified atom stereocenters. The molecule has 0 aliphatic carbocycles. The maximum atomic E-state index is 5.80. The average Bonchev–Trinajstić information content (AvgIpc) is 2.36. The second-order valence-corrected chi connectivity index (χ2v) is 3.80. The number of methoxy groups -OCH3 is 1. The Bertz CT molecular complexity index is 323. The first kappa shape index (κ1) is 14.1. The summed E-state index contributed by atoms with van der Waals surface area (Å²) < 4.78 is 10.6. The fraction of sp³-hybridized carbons (Fsp3) is 0.583. The van der Waals surface area contributed by atoms with Gasteiger partial charge in [0, 0.05) is 32.3 Å². The van der Waals surface area contributed by atoms with Crippen LogP contribution in [0.3, 0.4) is 0 Å². The normalized spacial score (nSPS) is 10.3.